The highest BCUT2D eigenvalue weighted by Gasteiger charge is 2.30. The van der Waals surface area contributed by atoms with Gasteiger partial charge in [-0.15, -0.1) is 0 Å². The molecule has 148 valence electrons. The standard InChI is InChI=1S/C18H26N4O4S/c1-5-10-20(11-6-2)27(25,26)18-14(3)19-21(15(18)4)13-16-8-7-9-17(12-16)22(23)24/h7-9,12H,5-6,10-11,13H2,1-4H3. The molecule has 0 saturated carbocycles. The minimum Gasteiger partial charge on any atom is -0.264 e. The minimum absolute atomic E-state index is 0.000979. The van der Waals surface area contributed by atoms with Crippen LogP contribution in [0.15, 0.2) is 29.2 Å². The van der Waals surface area contributed by atoms with Crippen LogP contribution in [0.3, 0.4) is 0 Å². The molecule has 1 aromatic heterocycles. The molecule has 8 nitrogen and oxygen atoms in total. The summed E-state index contributed by atoms with van der Waals surface area (Å²) in [6.07, 6.45) is 1.47. The Balaban J connectivity index is 2.41. The fourth-order valence-corrected chi connectivity index (χ4v) is 5.13. The Kier molecular flexibility index (Phi) is 6.72. The fraction of sp³-hybridized carbons (Fsp3) is 0.500. The molecule has 27 heavy (non-hydrogen) atoms. The number of aromatic nitrogens is 2. The molecule has 0 unspecified atom stereocenters. The van der Waals surface area contributed by atoms with Crippen molar-refractivity contribution < 1.29 is 13.3 Å². The highest BCUT2D eigenvalue weighted by Crippen LogP contribution is 2.25. The van der Waals surface area contributed by atoms with Crippen molar-refractivity contribution in [3.05, 3.63) is 51.3 Å². The number of nitro benzene ring substituents is 1. The fourth-order valence-electron chi connectivity index (χ4n) is 3.13. The van der Waals surface area contributed by atoms with Gasteiger partial charge >= 0.3 is 0 Å². The first-order chi connectivity index (χ1) is 12.7. The van der Waals surface area contributed by atoms with E-state index in [1.165, 1.54) is 16.4 Å². The number of sulfonamides is 1. The molecule has 1 heterocycles. The maximum Gasteiger partial charge on any atom is 0.269 e. The summed E-state index contributed by atoms with van der Waals surface area (Å²) in [6.45, 7) is 8.50. The van der Waals surface area contributed by atoms with Gasteiger partial charge in [-0.3, -0.25) is 14.8 Å². The van der Waals surface area contributed by atoms with Crippen LogP contribution in [0, 0.1) is 24.0 Å². The lowest BCUT2D eigenvalue weighted by molar-refractivity contribution is -0.384. The zero-order valence-corrected chi connectivity index (χ0v) is 17.0. The van der Waals surface area contributed by atoms with Crippen LogP contribution in [-0.4, -0.2) is 40.5 Å². The van der Waals surface area contributed by atoms with E-state index >= 15 is 0 Å². The van der Waals surface area contributed by atoms with E-state index in [0.29, 0.717) is 30.0 Å². The molecule has 0 saturated heterocycles. The van der Waals surface area contributed by atoms with Gasteiger partial charge in [0.05, 0.1) is 22.9 Å². The van der Waals surface area contributed by atoms with Gasteiger partial charge in [-0.05, 0) is 32.3 Å². The first-order valence-corrected chi connectivity index (χ1v) is 10.4. The molecule has 0 N–H and O–H groups in total. The summed E-state index contributed by atoms with van der Waals surface area (Å²) in [5.41, 5.74) is 1.67. The first kappa shape index (κ1) is 21.0. The van der Waals surface area contributed by atoms with Gasteiger partial charge in [-0.1, -0.05) is 26.0 Å². The van der Waals surface area contributed by atoms with Gasteiger partial charge in [0.1, 0.15) is 4.90 Å². The second kappa shape index (κ2) is 8.62. The summed E-state index contributed by atoms with van der Waals surface area (Å²) in [5.74, 6) is 0. The van der Waals surface area contributed by atoms with Gasteiger partial charge < -0.3 is 0 Å². The van der Waals surface area contributed by atoms with Crippen molar-refractivity contribution >= 4 is 15.7 Å². The number of nitro groups is 1. The summed E-state index contributed by atoms with van der Waals surface area (Å²) in [4.78, 5) is 10.7. The smallest absolute Gasteiger partial charge is 0.264 e. The topological polar surface area (TPSA) is 98.3 Å². The van der Waals surface area contributed by atoms with Crippen molar-refractivity contribution in [3.63, 3.8) is 0 Å². The van der Waals surface area contributed by atoms with Gasteiger partial charge in [0.2, 0.25) is 10.0 Å². The van der Waals surface area contributed by atoms with Crippen molar-refractivity contribution in [2.75, 3.05) is 13.1 Å². The second-order valence-electron chi connectivity index (χ2n) is 6.49. The zero-order valence-electron chi connectivity index (χ0n) is 16.2. The Bertz CT molecular complexity index is 915. The van der Waals surface area contributed by atoms with Crippen LogP contribution in [0.1, 0.15) is 43.6 Å². The van der Waals surface area contributed by atoms with E-state index in [2.05, 4.69) is 5.10 Å². The third-order valence-corrected chi connectivity index (χ3v) is 6.46. The summed E-state index contributed by atoms with van der Waals surface area (Å²) in [6, 6.07) is 6.28. The number of hydrogen-bond donors (Lipinski definition) is 0. The molecule has 1 aromatic carbocycles. The zero-order chi connectivity index (χ0) is 20.2. The van der Waals surface area contributed by atoms with Crippen LogP contribution in [0.5, 0.6) is 0 Å². The molecule has 0 bridgehead atoms. The Labute approximate surface area is 160 Å². The predicted molar refractivity (Wildman–Crippen MR) is 103 cm³/mol. The Morgan fingerprint density at radius 1 is 1.19 bits per heavy atom. The molecule has 2 rings (SSSR count). The lowest BCUT2D eigenvalue weighted by Gasteiger charge is -2.21. The second-order valence-corrected chi connectivity index (χ2v) is 8.36. The summed E-state index contributed by atoms with van der Waals surface area (Å²) >= 11 is 0. The maximum atomic E-state index is 13.1. The van der Waals surface area contributed by atoms with Gasteiger partial charge in [0.15, 0.2) is 0 Å². The monoisotopic (exact) mass is 394 g/mol. The van der Waals surface area contributed by atoms with Gasteiger partial charge in [0, 0.05) is 25.2 Å². The lowest BCUT2D eigenvalue weighted by Crippen LogP contribution is -2.33. The molecule has 2 aromatic rings. The van der Waals surface area contributed by atoms with E-state index in [1.54, 1.807) is 30.7 Å². The van der Waals surface area contributed by atoms with E-state index in [1.807, 2.05) is 13.8 Å². The maximum absolute atomic E-state index is 13.1. The highest BCUT2D eigenvalue weighted by molar-refractivity contribution is 7.89. The number of benzene rings is 1. The predicted octanol–water partition coefficient (Wildman–Crippen LogP) is 3.27. The van der Waals surface area contributed by atoms with E-state index < -0.39 is 14.9 Å². The minimum atomic E-state index is -3.64. The van der Waals surface area contributed by atoms with E-state index in [4.69, 9.17) is 0 Å². The number of nitrogens with zero attached hydrogens (tertiary/aromatic N) is 4. The lowest BCUT2D eigenvalue weighted by atomic mass is 10.2. The highest BCUT2D eigenvalue weighted by atomic mass is 32.2. The first-order valence-electron chi connectivity index (χ1n) is 8.99. The Hall–Kier alpha value is -2.26. The molecule has 0 radical (unpaired) electrons. The van der Waals surface area contributed by atoms with Gasteiger partial charge in [-0.2, -0.15) is 9.40 Å². The van der Waals surface area contributed by atoms with Crippen LogP contribution >= 0.6 is 0 Å². The Morgan fingerprint density at radius 3 is 2.37 bits per heavy atom. The van der Waals surface area contributed by atoms with Crippen LogP contribution in [-0.2, 0) is 16.6 Å². The SMILES string of the molecule is CCCN(CCC)S(=O)(=O)c1c(C)nn(Cc2cccc([N+](=O)[O-])c2)c1C. The van der Waals surface area contributed by atoms with E-state index in [9.17, 15) is 18.5 Å². The quantitative estimate of drug-likeness (QED) is 0.480. The van der Waals surface area contributed by atoms with Gasteiger partial charge in [0.25, 0.3) is 5.69 Å². The molecule has 9 heteroatoms. The van der Waals surface area contributed by atoms with Crippen molar-refractivity contribution in [3.8, 4) is 0 Å². The number of non-ortho nitro benzene ring substituents is 1. The molecular weight excluding hydrogens is 368 g/mol. The third-order valence-electron chi connectivity index (χ3n) is 4.31. The van der Waals surface area contributed by atoms with Crippen LogP contribution in [0.25, 0.3) is 0 Å². The number of aryl methyl sites for hydroxylation is 1. The third kappa shape index (κ3) is 4.54. The molecule has 0 aliphatic carbocycles. The van der Waals surface area contributed by atoms with Crippen LogP contribution in [0.2, 0.25) is 0 Å². The van der Waals surface area contributed by atoms with Crippen molar-refractivity contribution in [2.45, 2.75) is 52.0 Å². The average molecular weight is 394 g/mol. The van der Waals surface area contributed by atoms with Crippen molar-refractivity contribution in [1.29, 1.82) is 0 Å². The molecule has 0 spiro atoms. The largest absolute Gasteiger partial charge is 0.269 e. The summed E-state index contributed by atoms with van der Waals surface area (Å²) < 4.78 is 29.4. The molecule has 0 atom stereocenters. The molecule has 0 amide bonds. The molecule has 0 aliphatic rings. The Morgan fingerprint density at radius 2 is 1.81 bits per heavy atom. The van der Waals surface area contributed by atoms with Crippen molar-refractivity contribution in [2.24, 2.45) is 0 Å². The van der Waals surface area contributed by atoms with Gasteiger partial charge in [-0.25, -0.2) is 8.42 Å². The van der Waals surface area contributed by atoms with E-state index in [0.717, 1.165) is 12.8 Å². The summed E-state index contributed by atoms with van der Waals surface area (Å²) in [7, 11) is -3.64. The number of rotatable bonds is 9. The molecular formula is C18H26N4O4S. The van der Waals surface area contributed by atoms with Crippen LogP contribution in [0.4, 0.5) is 5.69 Å². The average Bonchev–Trinajstić information content (AvgIpc) is 2.89. The molecule has 0 fully saturated rings. The summed E-state index contributed by atoms with van der Waals surface area (Å²) in [5, 5.41) is 15.3. The van der Waals surface area contributed by atoms with Crippen molar-refractivity contribution in [1.82, 2.24) is 14.1 Å². The number of hydrogen-bond acceptors (Lipinski definition) is 5. The van der Waals surface area contributed by atoms with Crippen LogP contribution < -0.4 is 0 Å². The van der Waals surface area contributed by atoms with E-state index in [-0.39, 0.29) is 17.1 Å². The normalized spacial score (nSPS) is 11.9. The molecule has 0 aliphatic heterocycles.